The summed E-state index contributed by atoms with van der Waals surface area (Å²) in [6.07, 6.45) is 10.7. The van der Waals surface area contributed by atoms with E-state index in [2.05, 4.69) is 9.97 Å². The van der Waals surface area contributed by atoms with Crippen LogP contribution in [0.15, 0.2) is 71.6 Å². The molecule has 3 aromatic heterocycles. The van der Waals surface area contributed by atoms with Crippen LogP contribution < -0.4 is 4.57 Å². The molecule has 0 saturated carbocycles. The van der Waals surface area contributed by atoms with E-state index in [0.29, 0.717) is 30.8 Å². The molecule has 0 spiro atoms. The highest BCUT2D eigenvalue weighted by Crippen LogP contribution is 2.39. The van der Waals surface area contributed by atoms with Crippen molar-refractivity contribution in [3.8, 4) is 0 Å². The number of aromatic amines is 1. The second kappa shape index (κ2) is 7.51. The predicted molar refractivity (Wildman–Crippen MR) is 97.6 cm³/mol. The van der Waals surface area contributed by atoms with Gasteiger partial charge in [-0.2, -0.15) is 0 Å². The number of Topliss-reactive ketones (excluding diaryl/α,β-unsaturated/α-hetero) is 1. The van der Waals surface area contributed by atoms with Gasteiger partial charge in [0.05, 0.1) is 18.4 Å². The zero-order valence-electron chi connectivity index (χ0n) is 15.0. The molecule has 0 aromatic carbocycles. The minimum absolute atomic E-state index is 0.0282. The number of amides is 1. The monoisotopic (exact) mass is 379 g/mol. The first-order valence-electron chi connectivity index (χ1n) is 8.91. The number of nitrogens with zero attached hydrogens (tertiary/aromatic N) is 3. The van der Waals surface area contributed by atoms with Gasteiger partial charge in [0.15, 0.2) is 0 Å². The molecule has 8 heteroatoms. The molecule has 3 aromatic rings. The van der Waals surface area contributed by atoms with Crippen LogP contribution >= 0.6 is 0 Å². The van der Waals surface area contributed by atoms with Crippen LogP contribution in [0.3, 0.4) is 0 Å². The number of ketones is 1. The van der Waals surface area contributed by atoms with Crippen molar-refractivity contribution in [2.24, 2.45) is 0 Å². The van der Waals surface area contributed by atoms with Crippen molar-refractivity contribution in [1.82, 2.24) is 14.9 Å². The van der Waals surface area contributed by atoms with Gasteiger partial charge < -0.3 is 14.4 Å². The van der Waals surface area contributed by atoms with Crippen molar-refractivity contribution in [3.63, 3.8) is 0 Å². The third kappa shape index (κ3) is 3.20. The van der Waals surface area contributed by atoms with E-state index in [1.807, 2.05) is 23.3 Å². The summed E-state index contributed by atoms with van der Waals surface area (Å²) in [4.78, 5) is 33.8. The normalized spacial score (nSPS) is 18.7. The molecule has 8 nitrogen and oxygen atoms in total. The summed E-state index contributed by atoms with van der Waals surface area (Å²) in [7, 11) is 0. The Labute approximate surface area is 160 Å². The third-order valence-corrected chi connectivity index (χ3v) is 4.72. The van der Waals surface area contributed by atoms with E-state index in [1.54, 1.807) is 24.3 Å². The van der Waals surface area contributed by atoms with Crippen LogP contribution in [0.25, 0.3) is 5.76 Å². The van der Waals surface area contributed by atoms with Gasteiger partial charge in [-0.3, -0.25) is 19.6 Å². The quantitative estimate of drug-likeness (QED) is 0.294. The molecular formula is C20H19N4O4+. The Morgan fingerprint density at radius 1 is 1.29 bits per heavy atom. The number of H-pyrrole nitrogens is 1. The van der Waals surface area contributed by atoms with E-state index in [0.717, 1.165) is 0 Å². The summed E-state index contributed by atoms with van der Waals surface area (Å²) in [6.45, 7) is 1.03. The van der Waals surface area contributed by atoms with E-state index in [9.17, 15) is 14.7 Å². The first kappa shape index (κ1) is 17.7. The van der Waals surface area contributed by atoms with Gasteiger partial charge in [-0.15, -0.1) is 0 Å². The molecule has 1 aliphatic heterocycles. The minimum Gasteiger partial charge on any atom is -0.507 e. The van der Waals surface area contributed by atoms with Crippen LogP contribution in [-0.2, 0) is 16.1 Å². The maximum absolute atomic E-state index is 12.8. The van der Waals surface area contributed by atoms with Crippen molar-refractivity contribution in [1.29, 1.82) is 0 Å². The lowest BCUT2D eigenvalue weighted by Crippen LogP contribution is -2.35. The fourth-order valence-electron chi connectivity index (χ4n) is 3.40. The summed E-state index contributed by atoms with van der Waals surface area (Å²) in [5.41, 5.74) is 0.452. The number of rotatable bonds is 6. The number of imidazole rings is 1. The van der Waals surface area contributed by atoms with Gasteiger partial charge in [0.25, 0.3) is 11.7 Å². The van der Waals surface area contributed by atoms with Gasteiger partial charge >= 0.3 is 0 Å². The SMILES string of the molecule is O=C1C(=O)N(CCC[n+]2cc[nH]c2)C(c2ccco2)C1=C(O)c1ccncc1. The Morgan fingerprint density at radius 3 is 2.79 bits per heavy atom. The smallest absolute Gasteiger partial charge is 0.295 e. The van der Waals surface area contributed by atoms with Gasteiger partial charge in [0.1, 0.15) is 30.0 Å². The second-order valence-corrected chi connectivity index (χ2v) is 6.45. The summed E-state index contributed by atoms with van der Waals surface area (Å²) in [5, 5.41) is 10.8. The van der Waals surface area contributed by atoms with Crippen molar-refractivity contribution in [3.05, 3.63) is 78.5 Å². The predicted octanol–water partition coefficient (Wildman–Crippen LogP) is 1.80. The summed E-state index contributed by atoms with van der Waals surface area (Å²) >= 11 is 0. The number of hydrogen-bond acceptors (Lipinski definition) is 5. The molecule has 1 unspecified atom stereocenters. The van der Waals surface area contributed by atoms with Crippen LogP contribution in [0.2, 0.25) is 0 Å². The van der Waals surface area contributed by atoms with Crippen LogP contribution in [0.5, 0.6) is 0 Å². The zero-order chi connectivity index (χ0) is 19.5. The van der Waals surface area contributed by atoms with Crippen LogP contribution in [0.4, 0.5) is 0 Å². The molecular weight excluding hydrogens is 360 g/mol. The molecule has 2 N–H and O–H groups in total. The van der Waals surface area contributed by atoms with Crippen molar-refractivity contribution in [2.45, 2.75) is 19.0 Å². The lowest BCUT2D eigenvalue weighted by molar-refractivity contribution is -0.695. The Hall–Kier alpha value is -3.68. The Balaban J connectivity index is 1.68. The number of pyridine rings is 1. The lowest BCUT2D eigenvalue weighted by Gasteiger charge is -2.22. The van der Waals surface area contributed by atoms with E-state index in [4.69, 9.17) is 4.42 Å². The molecule has 4 heterocycles. The van der Waals surface area contributed by atoms with Gasteiger partial charge in [-0.25, -0.2) is 4.57 Å². The molecule has 1 saturated heterocycles. The molecule has 0 radical (unpaired) electrons. The first-order valence-corrected chi connectivity index (χ1v) is 8.91. The highest BCUT2D eigenvalue weighted by atomic mass is 16.3. The number of likely N-dealkylation sites (tertiary alicyclic amines) is 1. The number of aromatic nitrogens is 3. The van der Waals surface area contributed by atoms with E-state index in [-0.39, 0.29) is 11.3 Å². The largest absolute Gasteiger partial charge is 0.507 e. The fraction of sp³-hybridized carbons (Fsp3) is 0.200. The molecule has 0 aliphatic carbocycles. The Bertz CT molecular complexity index is 994. The number of aliphatic hydroxyl groups is 1. The van der Waals surface area contributed by atoms with E-state index < -0.39 is 17.7 Å². The zero-order valence-corrected chi connectivity index (χ0v) is 15.0. The highest BCUT2D eigenvalue weighted by molar-refractivity contribution is 6.46. The van der Waals surface area contributed by atoms with Crippen molar-refractivity contribution >= 4 is 17.4 Å². The number of aliphatic hydroxyl groups excluding tert-OH is 1. The van der Waals surface area contributed by atoms with Crippen LogP contribution in [0.1, 0.15) is 23.8 Å². The molecule has 1 atom stereocenters. The third-order valence-electron chi connectivity index (χ3n) is 4.72. The number of aryl methyl sites for hydroxylation is 1. The van der Waals surface area contributed by atoms with Crippen molar-refractivity contribution in [2.75, 3.05) is 6.54 Å². The average molecular weight is 379 g/mol. The molecule has 1 amide bonds. The number of furan rings is 1. The lowest BCUT2D eigenvalue weighted by atomic mass is 10.00. The van der Waals surface area contributed by atoms with E-state index in [1.165, 1.54) is 23.6 Å². The van der Waals surface area contributed by atoms with Crippen LogP contribution in [-0.4, -0.2) is 38.2 Å². The van der Waals surface area contributed by atoms with Gasteiger partial charge in [-0.1, -0.05) is 0 Å². The standard InChI is InChI=1S/C20H18N4O4/c25-18(14-4-6-21-7-5-14)16-17(15-3-1-12-28-15)24(20(27)19(16)26)10-2-9-23-11-8-22-13-23/h1,3-8,11-13,17H,2,9-10H2,(H,25,26)/p+1. The summed E-state index contributed by atoms with van der Waals surface area (Å²) in [6, 6.07) is 5.80. The first-order chi connectivity index (χ1) is 13.7. The maximum atomic E-state index is 12.8. The van der Waals surface area contributed by atoms with Gasteiger partial charge in [-0.05, 0) is 24.3 Å². The maximum Gasteiger partial charge on any atom is 0.295 e. The van der Waals surface area contributed by atoms with Crippen LogP contribution in [0, 0.1) is 0 Å². The summed E-state index contributed by atoms with van der Waals surface area (Å²) in [5.74, 6) is -1.16. The Morgan fingerprint density at radius 2 is 2.11 bits per heavy atom. The molecule has 0 bridgehead atoms. The second-order valence-electron chi connectivity index (χ2n) is 6.45. The number of carbonyl (C=O) groups is 2. The van der Waals surface area contributed by atoms with Gasteiger partial charge in [0, 0.05) is 30.9 Å². The molecule has 142 valence electrons. The molecule has 1 fully saturated rings. The molecule has 4 rings (SSSR count). The fourth-order valence-corrected chi connectivity index (χ4v) is 3.40. The highest BCUT2D eigenvalue weighted by Gasteiger charge is 2.47. The number of carbonyl (C=O) groups excluding carboxylic acids is 2. The molecule has 28 heavy (non-hydrogen) atoms. The topological polar surface area (TPSA) is 103 Å². The minimum atomic E-state index is -0.764. The Kier molecular flexibility index (Phi) is 4.76. The summed E-state index contributed by atoms with van der Waals surface area (Å²) < 4.78 is 7.45. The molecule has 1 aliphatic rings. The van der Waals surface area contributed by atoms with E-state index >= 15 is 0 Å². The number of nitrogens with one attached hydrogen (secondary N) is 1. The average Bonchev–Trinajstić information content (AvgIpc) is 3.46. The number of hydrogen-bond donors (Lipinski definition) is 2. The van der Waals surface area contributed by atoms with Crippen molar-refractivity contribution < 1.29 is 23.7 Å². The van der Waals surface area contributed by atoms with Gasteiger partial charge in [0.2, 0.25) is 6.33 Å².